The molecule has 0 radical (unpaired) electrons. The summed E-state index contributed by atoms with van der Waals surface area (Å²) in [5, 5.41) is 4.73. The minimum absolute atomic E-state index is 0.176. The zero-order valence-electron chi connectivity index (χ0n) is 18.1. The number of fused-ring (bicyclic) bond motifs is 1. The van der Waals surface area contributed by atoms with Crippen molar-refractivity contribution in [3.8, 4) is 17.1 Å². The number of H-pyrrole nitrogens is 1. The van der Waals surface area contributed by atoms with E-state index in [1.165, 1.54) is 0 Å². The second-order valence-corrected chi connectivity index (χ2v) is 8.47. The van der Waals surface area contributed by atoms with Gasteiger partial charge in [0.1, 0.15) is 22.6 Å². The first-order valence-electron chi connectivity index (χ1n) is 10.2. The third-order valence-corrected chi connectivity index (χ3v) is 5.45. The standard InChI is InChI=1S/C21H29N5O3S/c1-6-8-9-13(3)20-22-14(4)18-21(27)23-19(24-26(18)20)16-12-15(25-30(5)28)10-11-17(16)29-7-2/h10-13,25H,6-9H2,1-5H3,(H,23,24,27). The largest absolute Gasteiger partial charge is 0.493 e. The van der Waals surface area contributed by atoms with Crippen molar-refractivity contribution in [2.24, 2.45) is 0 Å². The van der Waals surface area contributed by atoms with Crippen LogP contribution in [0.2, 0.25) is 0 Å². The first kappa shape index (κ1) is 22.0. The Kier molecular flexibility index (Phi) is 6.91. The fraction of sp³-hybridized carbons (Fsp3) is 0.476. The van der Waals surface area contributed by atoms with Crippen LogP contribution in [0.25, 0.3) is 16.9 Å². The number of benzene rings is 1. The lowest BCUT2D eigenvalue weighted by molar-refractivity contribution is 0.341. The third-order valence-electron chi connectivity index (χ3n) is 4.93. The van der Waals surface area contributed by atoms with Crippen LogP contribution < -0.4 is 15.0 Å². The topological polar surface area (TPSA) is 101 Å². The van der Waals surface area contributed by atoms with E-state index in [2.05, 4.69) is 28.5 Å². The van der Waals surface area contributed by atoms with E-state index in [4.69, 9.17) is 9.84 Å². The monoisotopic (exact) mass is 431 g/mol. The van der Waals surface area contributed by atoms with Crippen LogP contribution in [0.1, 0.15) is 57.5 Å². The van der Waals surface area contributed by atoms with Gasteiger partial charge in [-0.05, 0) is 38.5 Å². The molecular weight excluding hydrogens is 402 g/mol. The van der Waals surface area contributed by atoms with Gasteiger partial charge in [-0.1, -0.05) is 26.7 Å². The summed E-state index contributed by atoms with van der Waals surface area (Å²) in [5.74, 6) is 1.92. The van der Waals surface area contributed by atoms with Crippen molar-refractivity contribution in [3.05, 3.63) is 40.1 Å². The number of nitrogens with zero attached hydrogens (tertiary/aromatic N) is 3. The summed E-state index contributed by atoms with van der Waals surface area (Å²) < 4.78 is 21.9. The molecule has 2 heterocycles. The Morgan fingerprint density at radius 3 is 2.77 bits per heavy atom. The molecule has 0 spiro atoms. The molecule has 8 nitrogen and oxygen atoms in total. The van der Waals surface area contributed by atoms with E-state index in [1.54, 1.807) is 29.0 Å². The number of hydrogen-bond acceptors (Lipinski definition) is 5. The first-order chi connectivity index (χ1) is 14.3. The Bertz CT molecular complexity index is 1120. The Balaban J connectivity index is 2.19. The van der Waals surface area contributed by atoms with E-state index in [0.717, 1.165) is 25.1 Å². The molecule has 0 fully saturated rings. The summed E-state index contributed by atoms with van der Waals surface area (Å²) in [4.78, 5) is 20.4. The van der Waals surface area contributed by atoms with Crippen molar-refractivity contribution < 1.29 is 8.95 Å². The average Bonchev–Trinajstić information content (AvgIpc) is 3.04. The molecule has 3 aromatic rings. The molecule has 2 N–H and O–H groups in total. The summed E-state index contributed by atoms with van der Waals surface area (Å²) >= 11 is 0. The van der Waals surface area contributed by atoms with Gasteiger partial charge in [0, 0.05) is 17.9 Å². The van der Waals surface area contributed by atoms with Crippen molar-refractivity contribution in [1.82, 2.24) is 19.6 Å². The molecule has 2 atom stereocenters. The lowest BCUT2D eigenvalue weighted by Crippen LogP contribution is -2.16. The number of aryl methyl sites for hydroxylation is 1. The van der Waals surface area contributed by atoms with E-state index < -0.39 is 11.0 Å². The summed E-state index contributed by atoms with van der Waals surface area (Å²) in [5.41, 5.74) is 2.13. The fourth-order valence-electron chi connectivity index (χ4n) is 3.50. The normalized spacial score (nSPS) is 13.4. The molecule has 0 bridgehead atoms. The lowest BCUT2D eigenvalue weighted by Gasteiger charge is -2.13. The van der Waals surface area contributed by atoms with E-state index in [0.29, 0.717) is 40.6 Å². The maximum atomic E-state index is 12.9. The van der Waals surface area contributed by atoms with Gasteiger partial charge in [-0.2, -0.15) is 0 Å². The second-order valence-electron chi connectivity index (χ2n) is 7.36. The molecule has 0 saturated heterocycles. The Morgan fingerprint density at radius 1 is 1.33 bits per heavy atom. The average molecular weight is 432 g/mol. The van der Waals surface area contributed by atoms with Crippen LogP contribution in [0.5, 0.6) is 5.75 Å². The molecule has 30 heavy (non-hydrogen) atoms. The number of ether oxygens (including phenoxy) is 1. The van der Waals surface area contributed by atoms with Gasteiger partial charge < -0.3 is 14.4 Å². The molecule has 0 aliphatic heterocycles. The zero-order chi connectivity index (χ0) is 21.8. The predicted octanol–water partition coefficient (Wildman–Crippen LogP) is 3.79. The smallest absolute Gasteiger partial charge is 0.277 e. The molecule has 2 unspecified atom stereocenters. The third kappa shape index (κ3) is 4.56. The van der Waals surface area contributed by atoms with Gasteiger partial charge in [0.05, 0.1) is 17.9 Å². The van der Waals surface area contributed by atoms with Gasteiger partial charge in [-0.25, -0.2) is 13.7 Å². The van der Waals surface area contributed by atoms with Crippen LogP contribution in [-0.4, -0.2) is 36.7 Å². The number of rotatable bonds is 9. The second kappa shape index (κ2) is 9.42. The highest BCUT2D eigenvalue weighted by atomic mass is 32.2. The van der Waals surface area contributed by atoms with Gasteiger partial charge in [-0.3, -0.25) is 4.79 Å². The van der Waals surface area contributed by atoms with Gasteiger partial charge in [0.15, 0.2) is 11.3 Å². The van der Waals surface area contributed by atoms with Crippen LogP contribution >= 0.6 is 0 Å². The molecule has 1 aromatic carbocycles. The van der Waals surface area contributed by atoms with Crippen molar-refractivity contribution in [2.45, 2.75) is 52.9 Å². The summed E-state index contributed by atoms with van der Waals surface area (Å²) in [7, 11) is -1.23. The van der Waals surface area contributed by atoms with Crippen molar-refractivity contribution in [1.29, 1.82) is 0 Å². The summed E-state index contributed by atoms with van der Waals surface area (Å²) in [6.45, 7) is 8.45. The van der Waals surface area contributed by atoms with E-state index in [-0.39, 0.29) is 11.5 Å². The zero-order valence-corrected chi connectivity index (χ0v) is 18.9. The highest BCUT2D eigenvalue weighted by Crippen LogP contribution is 2.31. The Labute approximate surface area is 178 Å². The number of aromatic amines is 1. The van der Waals surface area contributed by atoms with Crippen molar-refractivity contribution in [3.63, 3.8) is 0 Å². The van der Waals surface area contributed by atoms with E-state index >= 15 is 0 Å². The molecule has 0 aliphatic carbocycles. The molecule has 0 saturated carbocycles. The Morgan fingerprint density at radius 2 is 2.10 bits per heavy atom. The minimum atomic E-state index is -1.23. The van der Waals surface area contributed by atoms with Crippen molar-refractivity contribution >= 4 is 22.2 Å². The number of nitrogens with one attached hydrogen (secondary N) is 2. The van der Waals surface area contributed by atoms with Crippen LogP contribution in [0.4, 0.5) is 5.69 Å². The Hall–Kier alpha value is -2.68. The quantitative estimate of drug-likeness (QED) is 0.537. The maximum absolute atomic E-state index is 12.9. The molecular formula is C21H29N5O3S. The number of hydrogen-bond donors (Lipinski definition) is 2. The SMILES string of the molecule is CCCCC(C)c1nc(C)c2c(=O)[nH]c(-c3cc(NS(C)=O)ccc3OCC)nn12. The van der Waals surface area contributed by atoms with Gasteiger partial charge >= 0.3 is 0 Å². The highest BCUT2D eigenvalue weighted by Gasteiger charge is 2.20. The lowest BCUT2D eigenvalue weighted by atomic mass is 10.0. The molecule has 0 amide bonds. The summed E-state index contributed by atoms with van der Waals surface area (Å²) in [6, 6.07) is 5.34. The maximum Gasteiger partial charge on any atom is 0.277 e. The van der Waals surface area contributed by atoms with Crippen LogP contribution in [0, 0.1) is 6.92 Å². The summed E-state index contributed by atoms with van der Waals surface area (Å²) in [6.07, 6.45) is 4.72. The molecule has 9 heteroatoms. The number of unbranched alkanes of at least 4 members (excludes halogenated alkanes) is 1. The van der Waals surface area contributed by atoms with Gasteiger partial charge in [0.25, 0.3) is 5.56 Å². The molecule has 0 aliphatic rings. The molecule has 162 valence electrons. The predicted molar refractivity (Wildman–Crippen MR) is 121 cm³/mol. The van der Waals surface area contributed by atoms with E-state index in [1.807, 2.05) is 13.8 Å². The number of anilines is 1. The van der Waals surface area contributed by atoms with Crippen LogP contribution in [0.15, 0.2) is 23.0 Å². The molecule has 3 rings (SSSR count). The van der Waals surface area contributed by atoms with Crippen LogP contribution in [0.3, 0.4) is 0 Å². The van der Waals surface area contributed by atoms with Crippen LogP contribution in [-0.2, 0) is 11.0 Å². The van der Waals surface area contributed by atoms with Gasteiger partial charge in [-0.15, -0.1) is 5.10 Å². The number of imidazole rings is 1. The fourth-order valence-corrected chi connectivity index (χ4v) is 3.96. The van der Waals surface area contributed by atoms with Crippen molar-refractivity contribution in [2.75, 3.05) is 17.6 Å². The number of aromatic nitrogens is 4. The van der Waals surface area contributed by atoms with E-state index in [9.17, 15) is 9.00 Å². The van der Waals surface area contributed by atoms with Gasteiger partial charge in [0.2, 0.25) is 0 Å². The first-order valence-corrected chi connectivity index (χ1v) is 11.8. The molecule has 2 aromatic heterocycles. The highest BCUT2D eigenvalue weighted by molar-refractivity contribution is 7.85. The minimum Gasteiger partial charge on any atom is -0.493 e.